The van der Waals surface area contributed by atoms with Crippen LogP contribution in [0, 0.1) is 0 Å². The van der Waals surface area contributed by atoms with Crippen LogP contribution in [0.1, 0.15) is 21.1 Å². The van der Waals surface area contributed by atoms with E-state index in [1.54, 1.807) is 11.4 Å². The van der Waals surface area contributed by atoms with Crippen molar-refractivity contribution >= 4 is 17.1 Å². The molecule has 0 saturated heterocycles. The number of rotatable bonds is 3. The first-order valence-electron chi connectivity index (χ1n) is 4.02. The Bertz CT molecular complexity index is 433. The fourth-order valence-corrected chi connectivity index (χ4v) is 1.71. The van der Waals surface area contributed by atoms with E-state index in [4.69, 9.17) is 10.2 Å². The van der Waals surface area contributed by atoms with Crippen molar-refractivity contribution in [1.29, 1.82) is 0 Å². The van der Waals surface area contributed by atoms with Crippen LogP contribution in [-0.4, -0.2) is 10.8 Å². The van der Waals surface area contributed by atoms with Gasteiger partial charge >= 0.3 is 0 Å². The van der Waals surface area contributed by atoms with E-state index in [9.17, 15) is 4.79 Å². The van der Waals surface area contributed by atoms with Crippen LogP contribution in [0.25, 0.3) is 0 Å². The summed E-state index contributed by atoms with van der Waals surface area (Å²) < 4.78 is 4.82. The fraction of sp³-hybridized carbons (Fsp3) is 0.111. The zero-order valence-electron chi connectivity index (χ0n) is 7.27. The Balaban J connectivity index is 2.28. The van der Waals surface area contributed by atoms with E-state index in [-0.39, 0.29) is 5.78 Å². The van der Waals surface area contributed by atoms with Crippen LogP contribution < -0.4 is 5.73 Å². The highest BCUT2D eigenvalue weighted by atomic mass is 32.1. The third-order valence-electron chi connectivity index (χ3n) is 1.74. The molecule has 0 aromatic carbocycles. The van der Waals surface area contributed by atoms with E-state index >= 15 is 0 Å². The molecule has 0 bridgehead atoms. The number of furan rings is 1. The second-order valence-electron chi connectivity index (χ2n) is 2.67. The summed E-state index contributed by atoms with van der Waals surface area (Å²) in [6, 6.07) is 1.61. The lowest BCUT2D eigenvalue weighted by molar-refractivity contribution is 0.103. The average Bonchev–Trinajstić information content (AvgIpc) is 2.88. The number of ketones is 1. The molecule has 2 N–H and O–H groups in total. The Morgan fingerprint density at radius 3 is 3.07 bits per heavy atom. The van der Waals surface area contributed by atoms with E-state index in [2.05, 4.69) is 4.98 Å². The van der Waals surface area contributed by atoms with Crippen molar-refractivity contribution in [3.63, 3.8) is 0 Å². The van der Waals surface area contributed by atoms with Crippen molar-refractivity contribution in [2.75, 3.05) is 0 Å². The molecule has 0 aliphatic rings. The molecule has 72 valence electrons. The normalized spacial score (nSPS) is 10.4. The summed E-state index contributed by atoms with van der Waals surface area (Å²) in [6.45, 7) is 0.364. The maximum atomic E-state index is 11.7. The van der Waals surface area contributed by atoms with Crippen molar-refractivity contribution < 1.29 is 9.21 Å². The standard InChI is InChI=1S/C9H8N2O2S/c10-3-8-11-7(5-14-8)9(12)6-1-2-13-4-6/h1-2,4-5H,3,10H2. The van der Waals surface area contributed by atoms with E-state index in [1.165, 1.54) is 23.9 Å². The molecule has 0 amide bonds. The summed E-state index contributed by atoms with van der Waals surface area (Å²) in [7, 11) is 0. The van der Waals surface area contributed by atoms with Gasteiger partial charge in [-0.1, -0.05) is 0 Å². The third kappa shape index (κ3) is 1.59. The highest BCUT2D eigenvalue weighted by molar-refractivity contribution is 7.09. The monoisotopic (exact) mass is 208 g/mol. The quantitative estimate of drug-likeness (QED) is 0.774. The lowest BCUT2D eigenvalue weighted by Crippen LogP contribution is -2.01. The minimum absolute atomic E-state index is 0.130. The van der Waals surface area contributed by atoms with Crippen LogP contribution in [0.3, 0.4) is 0 Å². The number of hydrogen-bond donors (Lipinski definition) is 1. The SMILES string of the molecule is NCc1nc(C(=O)c2ccoc2)cs1. The molecule has 0 aliphatic heterocycles. The molecule has 14 heavy (non-hydrogen) atoms. The second-order valence-corrected chi connectivity index (χ2v) is 3.61. The number of nitrogens with zero attached hydrogens (tertiary/aromatic N) is 1. The van der Waals surface area contributed by atoms with Crippen LogP contribution in [0.4, 0.5) is 0 Å². The Morgan fingerprint density at radius 1 is 1.64 bits per heavy atom. The first kappa shape index (κ1) is 9.11. The molecule has 5 heteroatoms. The molecule has 2 aromatic rings. The predicted octanol–water partition coefficient (Wildman–Crippen LogP) is 1.43. The van der Waals surface area contributed by atoms with Crippen LogP contribution in [-0.2, 0) is 6.54 Å². The Hall–Kier alpha value is -1.46. The van der Waals surface area contributed by atoms with Crippen LogP contribution >= 0.6 is 11.3 Å². The van der Waals surface area contributed by atoms with Gasteiger partial charge in [0, 0.05) is 11.9 Å². The number of hydrogen-bond acceptors (Lipinski definition) is 5. The summed E-state index contributed by atoms with van der Waals surface area (Å²) in [5, 5.41) is 2.47. The van der Waals surface area contributed by atoms with Gasteiger partial charge in [0.05, 0.1) is 11.8 Å². The number of carbonyl (C=O) groups excluding carboxylic acids is 1. The van der Waals surface area contributed by atoms with Crippen LogP contribution in [0.15, 0.2) is 28.4 Å². The Kier molecular flexibility index (Phi) is 2.43. The first-order valence-corrected chi connectivity index (χ1v) is 4.90. The molecule has 0 spiro atoms. The van der Waals surface area contributed by atoms with Crippen molar-refractivity contribution in [3.05, 3.63) is 40.2 Å². The van der Waals surface area contributed by atoms with Gasteiger partial charge < -0.3 is 10.2 Å². The summed E-state index contributed by atoms with van der Waals surface area (Å²) in [6.07, 6.45) is 2.87. The highest BCUT2D eigenvalue weighted by Crippen LogP contribution is 2.13. The minimum atomic E-state index is -0.130. The molecule has 0 aliphatic carbocycles. The largest absolute Gasteiger partial charge is 0.472 e. The average molecular weight is 208 g/mol. The minimum Gasteiger partial charge on any atom is -0.472 e. The zero-order valence-corrected chi connectivity index (χ0v) is 8.08. The van der Waals surface area contributed by atoms with Gasteiger partial charge in [0.25, 0.3) is 0 Å². The van der Waals surface area contributed by atoms with Crippen molar-refractivity contribution in [2.24, 2.45) is 5.73 Å². The number of aromatic nitrogens is 1. The summed E-state index contributed by atoms with van der Waals surface area (Å²) in [4.78, 5) is 15.8. The Labute approximate surface area is 84.4 Å². The fourth-order valence-electron chi connectivity index (χ4n) is 1.05. The molecule has 0 fully saturated rings. The molecule has 2 rings (SSSR count). The third-order valence-corrected chi connectivity index (χ3v) is 2.61. The van der Waals surface area contributed by atoms with Gasteiger partial charge in [-0.3, -0.25) is 4.79 Å². The molecule has 2 heterocycles. The van der Waals surface area contributed by atoms with Gasteiger partial charge in [-0.2, -0.15) is 0 Å². The van der Waals surface area contributed by atoms with Crippen molar-refractivity contribution in [3.8, 4) is 0 Å². The van der Waals surface area contributed by atoms with Gasteiger partial charge in [-0.05, 0) is 6.07 Å². The molecular formula is C9H8N2O2S. The summed E-state index contributed by atoms with van der Waals surface area (Å²) in [5.74, 6) is -0.130. The van der Waals surface area contributed by atoms with Gasteiger partial charge in [0.1, 0.15) is 17.0 Å². The molecule has 0 atom stereocenters. The summed E-state index contributed by atoms with van der Waals surface area (Å²) >= 11 is 1.39. The number of nitrogens with two attached hydrogens (primary N) is 1. The maximum Gasteiger partial charge on any atom is 0.215 e. The van der Waals surface area contributed by atoms with Gasteiger partial charge in [0.2, 0.25) is 5.78 Å². The van der Waals surface area contributed by atoms with E-state index in [0.29, 0.717) is 17.8 Å². The summed E-state index contributed by atoms with van der Waals surface area (Å²) in [5.41, 5.74) is 6.34. The van der Waals surface area contributed by atoms with E-state index in [0.717, 1.165) is 5.01 Å². The first-order chi connectivity index (χ1) is 6.81. The molecule has 2 aromatic heterocycles. The van der Waals surface area contributed by atoms with Crippen molar-refractivity contribution in [1.82, 2.24) is 4.98 Å². The van der Waals surface area contributed by atoms with E-state index in [1.807, 2.05) is 0 Å². The number of thiazole rings is 1. The smallest absolute Gasteiger partial charge is 0.215 e. The van der Waals surface area contributed by atoms with E-state index < -0.39 is 0 Å². The van der Waals surface area contributed by atoms with Gasteiger partial charge in [-0.15, -0.1) is 11.3 Å². The molecule has 4 nitrogen and oxygen atoms in total. The van der Waals surface area contributed by atoms with Crippen LogP contribution in [0.2, 0.25) is 0 Å². The molecular weight excluding hydrogens is 200 g/mol. The zero-order chi connectivity index (χ0) is 9.97. The van der Waals surface area contributed by atoms with Gasteiger partial charge in [0.15, 0.2) is 0 Å². The maximum absolute atomic E-state index is 11.7. The second kappa shape index (κ2) is 3.73. The number of carbonyl (C=O) groups is 1. The highest BCUT2D eigenvalue weighted by Gasteiger charge is 2.13. The topological polar surface area (TPSA) is 69.1 Å². The Morgan fingerprint density at radius 2 is 2.50 bits per heavy atom. The molecule has 0 radical (unpaired) electrons. The lowest BCUT2D eigenvalue weighted by atomic mass is 10.2. The van der Waals surface area contributed by atoms with Gasteiger partial charge in [-0.25, -0.2) is 4.98 Å². The predicted molar refractivity (Wildman–Crippen MR) is 52.1 cm³/mol. The van der Waals surface area contributed by atoms with Crippen LogP contribution in [0.5, 0.6) is 0 Å². The van der Waals surface area contributed by atoms with Crippen molar-refractivity contribution in [2.45, 2.75) is 6.54 Å². The molecule has 0 unspecified atom stereocenters. The lowest BCUT2D eigenvalue weighted by Gasteiger charge is -1.89. The molecule has 0 saturated carbocycles.